The van der Waals surface area contributed by atoms with Crippen molar-refractivity contribution in [2.24, 2.45) is 0 Å². The molecule has 5 rings (SSSR count). The third-order valence-corrected chi connectivity index (χ3v) is 6.66. The summed E-state index contributed by atoms with van der Waals surface area (Å²) in [5.41, 5.74) is 3.49. The second kappa shape index (κ2) is 7.67. The summed E-state index contributed by atoms with van der Waals surface area (Å²) in [7, 11) is 1.57. The minimum atomic E-state index is -0.314. The first kappa shape index (κ1) is 18.4. The van der Waals surface area contributed by atoms with Gasteiger partial charge in [-0.25, -0.2) is 9.37 Å². The number of fused-ring (bicyclic) bond motifs is 1. The molecule has 2 heterocycles. The Labute approximate surface area is 173 Å². The highest BCUT2D eigenvalue weighted by Gasteiger charge is 2.26. The van der Waals surface area contributed by atoms with Crippen molar-refractivity contribution in [1.29, 1.82) is 0 Å². The highest BCUT2D eigenvalue weighted by molar-refractivity contribution is 7.15. The summed E-state index contributed by atoms with van der Waals surface area (Å²) in [5, 5.41) is 5.88. The fraction of sp³-hybridized carbons (Fsp3) is 0.348. The molecule has 29 heavy (non-hydrogen) atoms. The molecular weight excluding hydrogens is 385 g/mol. The summed E-state index contributed by atoms with van der Waals surface area (Å²) < 4.78 is 22.6. The number of thiazole rings is 1. The molecule has 2 aliphatic rings. The summed E-state index contributed by atoms with van der Waals surface area (Å²) in [6.07, 6.45) is 13.2. The topological polar surface area (TPSA) is 38.6 Å². The van der Waals surface area contributed by atoms with E-state index >= 15 is 0 Å². The number of anilines is 1. The lowest BCUT2D eigenvalue weighted by atomic mass is 10.0. The lowest BCUT2D eigenvalue weighted by molar-refractivity contribution is 0.413. The van der Waals surface area contributed by atoms with Crippen molar-refractivity contribution in [3.8, 4) is 17.0 Å². The monoisotopic (exact) mass is 409 g/mol. The summed E-state index contributed by atoms with van der Waals surface area (Å²) in [4.78, 5) is 5.74. The molecule has 4 nitrogen and oxygen atoms in total. The van der Waals surface area contributed by atoms with Crippen molar-refractivity contribution in [3.63, 3.8) is 0 Å². The zero-order valence-electron chi connectivity index (χ0n) is 16.5. The molecule has 1 aromatic carbocycles. The van der Waals surface area contributed by atoms with E-state index < -0.39 is 0 Å². The van der Waals surface area contributed by atoms with Gasteiger partial charge in [0.1, 0.15) is 23.1 Å². The summed E-state index contributed by atoms with van der Waals surface area (Å²) >= 11 is 1.60. The molecule has 3 aromatic rings. The number of rotatable bonds is 5. The first-order valence-corrected chi connectivity index (χ1v) is 11.1. The number of imidazole rings is 1. The molecule has 0 bridgehead atoms. The quantitative estimate of drug-likeness (QED) is 0.537. The molecule has 0 atom stereocenters. The van der Waals surface area contributed by atoms with E-state index in [-0.39, 0.29) is 5.82 Å². The van der Waals surface area contributed by atoms with Crippen LogP contribution in [0.25, 0.3) is 21.8 Å². The predicted octanol–water partition coefficient (Wildman–Crippen LogP) is 6.30. The largest absolute Gasteiger partial charge is 0.496 e. The van der Waals surface area contributed by atoms with Crippen LogP contribution in [0.2, 0.25) is 0 Å². The minimum Gasteiger partial charge on any atom is -0.496 e. The number of nitrogens with one attached hydrogen (secondary N) is 1. The molecule has 1 N–H and O–H groups in total. The highest BCUT2D eigenvalue weighted by atomic mass is 32.1. The van der Waals surface area contributed by atoms with E-state index in [1.807, 2.05) is 0 Å². The summed E-state index contributed by atoms with van der Waals surface area (Å²) in [6, 6.07) is 5.32. The van der Waals surface area contributed by atoms with Gasteiger partial charge in [-0.2, -0.15) is 0 Å². The number of hydrogen-bond donors (Lipinski definition) is 1. The first-order valence-electron chi connectivity index (χ1n) is 10.2. The molecule has 150 valence electrons. The molecular formula is C23H24FN3OS. The Hall–Kier alpha value is -2.60. The molecule has 0 spiro atoms. The third-order valence-electron chi connectivity index (χ3n) is 5.83. The number of halogens is 1. The SMILES string of the molecule is COc1cccc(F)c1-c1nc2scc(C3=CC=CCC3)n2c1NC1CCCC1. The van der Waals surface area contributed by atoms with Gasteiger partial charge in [-0.3, -0.25) is 4.40 Å². The summed E-state index contributed by atoms with van der Waals surface area (Å²) in [6.45, 7) is 0. The number of methoxy groups -OCH3 is 1. The highest BCUT2D eigenvalue weighted by Crippen LogP contribution is 2.41. The number of benzene rings is 1. The van der Waals surface area contributed by atoms with Gasteiger partial charge in [-0.15, -0.1) is 11.3 Å². The van der Waals surface area contributed by atoms with E-state index in [0.29, 0.717) is 23.0 Å². The van der Waals surface area contributed by atoms with Gasteiger partial charge >= 0.3 is 0 Å². The van der Waals surface area contributed by atoms with Crippen molar-refractivity contribution in [2.75, 3.05) is 12.4 Å². The van der Waals surface area contributed by atoms with E-state index in [4.69, 9.17) is 9.72 Å². The number of nitrogens with zero attached hydrogens (tertiary/aromatic N) is 2. The van der Waals surface area contributed by atoms with Gasteiger partial charge < -0.3 is 10.1 Å². The Morgan fingerprint density at radius 2 is 2.14 bits per heavy atom. The van der Waals surface area contributed by atoms with Gasteiger partial charge in [0.2, 0.25) is 0 Å². The fourth-order valence-corrected chi connectivity index (χ4v) is 5.29. The smallest absolute Gasteiger partial charge is 0.196 e. The van der Waals surface area contributed by atoms with Gasteiger partial charge in [0, 0.05) is 11.4 Å². The van der Waals surface area contributed by atoms with Gasteiger partial charge in [-0.05, 0) is 43.4 Å². The maximum atomic E-state index is 14.9. The van der Waals surface area contributed by atoms with Crippen molar-refractivity contribution in [3.05, 3.63) is 53.3 Å². The molecule has 0 saturated heterocycles. The molecule has 0 amide bonds. The van der Waals surface area contributed by atoms with Crippen LogP contribution in [0.3, 0.4) is 0 Å². The van der Waals surface area contributed by atoms with E-state index in [1.54, 1.807) is 30.6 Å². The molecule has 0 aliphatic heterocycles. The predicted molar refractivity (Wildman–Crippen MR) is 117 cm³/mol. The number of hydrogen-bond acceptors (Lipinski definition) is 4. The Balaban J connectivity index is 1.73. The molecule has 2 aromatic heterocycles. The lowest BCUT2D eigenvalue weighted by Gasteiger charge is -2.17. The van der Waals surface area contributed by atoms with Gasteiger partial charge in [0.25, 0.3) is 0 Å². The zero-order valence-corrected chi connectivity index (χ0v) is 17.3. The second-order valence-electron chi connectivity index (χ2n) is 7.65. The van der Waals surface area contributed by atoms with E-state index in [2.05, 4.69) is 33.3 Å². The average Bonchev–Trinajstić information content (AvgIpc) is 3.47. The number of ether oxygens (including phenoxy) is 1. The van der Waals surface area contributed by atoms with Crippen LogP contribution >= 0.6 is 11.3 Å². The van der Waals surface area contributed by atoms with Crippen molar-refractivity contribution in [2.45, 2.75) is 44.6 Å². The van der Waals surface area contributed by atoms with Gasteiger partial charge in [-0.1, -0.05) is 37.1 Å². The molecule has 0 unspecified atom stereocenters. The third kappa shape index (κ3) is 3.25. The van der Waals surface area contributed by atoms with Crippen LogP contribution in [-0.2, 0) is 0 Å². The van der Waals surface area contributed by atoms with E-state index in [0.717, 1.165) is 42.2 Å². The van der Waals surface area contributed by atoms with Crippen molar-refractivity contribution >= 4 is 27.7 Å². The Morgan fingerprint density at radius 1 is 1.28 bits per heavy atom. The van der Waals surface area contributed by atoms with Crippen LogP contribution in [0.5, 0.6) is 5.75 Å². The zero-order chi connectivity index (χ0) is 19.8. The standard InChI is InChI=1S/C23H24FN3OS/c1-28-19-13-7-12-17(24)20(19)21-22(25-16-10-5-6-11-16)27-18(14-29-23(27)26-21)15-8-3-2-4-9-15/h2-3,7-8,12-14,16,25H,4-6,9-11H2,1H3. The molecule has 2 aliphatic carbocycles. The molecule has 0 radical (unpaired) electrons. The van der Waals surface area contributed by atoms with Crippen LogP contribution in [0, 0.1) is 5.82 Å². The fourth-order valence-electron chi connectivity index (χ4n) is 4.37. The second-order valence-corrected chi connectivity index (χ2v) is 8.49. The van der Waals surface area contributed by atoms with Gasteiger partial charge in [0.05, 0.1) is 18.4 Å². The molecule has 1 saturated carbocycles. The van der Waals surface area contributed by atoms with E-state index in [1.165, 1.54) is 24.5 Å². The Bertz CT molecular complexity index is 1100. The molecule has 6 heteroatoms. The number of allylic oxidation sites excluding steroid dienone is 4. The van der Waals surface area contributed by atoms with Crippen LogP contribution in [-0.4, -0.2) is 22.5 Å². The number of aromatic nitrogens is 2. The lowest BCUT2D eigenvalue weighted by Crippen LogP contribution is -2.17. The van der Waals surface area contributed by atoms with E-state index in [9.17, 15) is 4.39 Å². The van der Waals surface area contributed by atoms with Gasteiger partial charge in [0.15, 0.2) is 4.96 Å². The van der Waals surface area contributed by atoms with Crippen LogP contribution in [0.4, 0.5) is 10.2 Å². The molecule has 1 fully saturated rings. The van der Waals surface area contributed by atoms with Crippen LogP contribution in [0.15, 0.2) is 41.8 Å². The minimum absolute atomic E-state index is 0.314. The Morgan fingerprint density at radius 3 is 2.90 bits per heavy atom. The van der Waals surface area contributed by atoms with Crippen LogP contribution in [0.1, 0.15) is 44.2 Å². The maximum absolute atomic E-state index is 14.9. The van der Waals surface area contributed by atoms with Crippen molar-refractivity contribution < 1.29 is 9.13 Å². The normalized spacial score (nSPS) is 17.1. The average molecular weight is 410 g/mol. The maximum Gasteiger partial charge on any atom is 0.196 e. The van der Waals surface area contributed by atoms with Crippen molar-refractivity contribution in [1.82, 2.24) is 9.38 Å². The Kier molecular flexibility index (Phi) is 4.87. The first-order chi connectivity index (χ1) is 14.3. The summed E-state index contributed by atoms with van der Waals surface area (Å²) in [5.74, 6) is 1.07. The van der Waals surface area contributed by atoms with Crippen LogP contribution < -0.4 is 10.1 Å².